The van der Waals surface area contributed by atoms with Crippen LogP contribution >= 0.6 is 0 Å². The Labute approximate surface area is 193 Å². The predicted molar refractivity (Wildman–Crippen MR) is 127 cm³/mol. The Balaban J connectivity index is 2.40. The molecule has 3 N–H and O–H groups in total. The minimum absolute atomic E-state index is 0.0416. The molecule has 1 aliphatic rings. The smallest absolute Gasteiger partial charge is 0.267 e. The molecule has 0 aromatic carbocycles. The number of nitrogens with zero attached hydrogens (tertiary/aromatic N) is 2. The number of ketones is 1. The maximum absolute atomic E-state index is 12.8. The van der Waals surface area contributed by atoms with E-state index in [0.29, 0.717) is 31.8 Å². The number of unbranched alkanes of at least 4 members (excludes halogenated alkanes) is 8. The van der Waals surface area contributed by atoms with E-state index in [1.165, 1.54) is 44.9 Å². The summed E-state index contributed by atoms with van der Waals surface area (Å²) in [4.78, 5) is 17.1. The van der Waals surface area contributed by atoms with Gasteiger partial charge in [0.25, 0.3) is 16.0 Å². The molecule has 0 aliphatic carbocycles. The second-order valence-corrected chi connectivity index (χ2v) is 10.3. The number of Topliss-reactive ketones (excluding diaryl/α,β-unsaturated/α-hetero) is 1. The quantitative estimate of drug-likeness (QED) is 0.114. The van der Waals surface area contributed by atoms with Crippen molar-refractivity contribution in [2.24, 2.45) is 4.99 Å². The van der Waals surface area contributed by atoms with Crippen molar-refractivity contribution in [3.05, 3.63) is 12.2 Å². The topological polar surface area (TPSA) is 124 Å². The van der Waals surface area contributed by atoms with Gasteiger partial charge in [0.15, 0.2) is 0 Å². The van der Waals surface area contributed by atoms with E-state index in [1.54, 1.807) is 0 Å². The van der Waals surface area contributed by atoms with Crippen molar-refractivity contribution in [3.63, 3.8) is 0 Å². The van der Waals surface area contributed by atoms with Crippen LogP contribution in [-0.4, -0.2) is 83.9 Å². The Morgan fingerprint density at radius 2 is 1.72 bits per heavy atom. The normalized spacial score (nSPS) is 20.1. The van der Waals surface area contributed by atoms with E-state index in [-0.39, 0.29) is 30.0 Å². The van der Waals surface area contributed by atoms with Gasteiger partial charge in [-0.1, -0.05) is 57.6 Å². The highest BCUT2D eigenvalue weighted by molar-refractivity contribution is 7.85. The number of aliphatic imine (C=N–C) groups is 1. The van der Waals surface area contributed by atoms with Crippen LogP contribution < -0.4 is 0 Å². The number of rotatable bonds is 19. The zero-order valence-corrected chi connectivity index (χ0v) is 20.4. The van der Waals surface area contributed by atoms with Gasteiger partial charge in [-0.25, -0.2) is 4.99 Å². The van der Waals surface area contributed by atoms with Crippen LogP contribution in [0.15, 0.2) is 17.1 Å². The van der Waals surface area contributed by atoms with E-state index >= 15 is 0 Å². The zero-order valence-electron chi connectivity index (χ0n) is 19.6. The van der Waals surface area contributed by atoms with Crippen molar-refractivity contribution < 1.29 is 32.5 Å². The van der Waals surface area contributed by atoms with Gasteiger partial charge < -0.3 is 10.2 Å². The number of hydrogen-bond acceptors (Lipinski definition) is 6. The van der Waals surface area contributed by atoms with Crippen molar-refractivity contribution in [2.75, 3.05) is 38.5 Å². The molecule has 186 valence electrons. The largest absolute Gasteiger partial charge is 0.390 e. The predicted octanol–water partition coefficient (Wildman–Crippen LogP) is 2.89. The Morgan fingerprint density at radius 3 is 2.34 bits per heavy atom. The molecule has 1 aliphatic heterocycles. The standard InChI is InChI=1S/C23H42N2O6S/c1-2-3-4-5-6-7-8-9-10-11-12-13-14-22(28)23-24-15-16-25(23,17-18-26)19-21(27)20-32(29,30)31/h10-11,21,26-27H,2-9,12-20H2,1H3/p+1/b11-10+. The highest BCUT2D eigenvalue weighted by Gasteiger charge is 2.43. The summed E-state index contributed by atoms with van der Waals surface area (Å²) < 4.78 is 31.1. The molecule has 0 saturated heterocycles. The van der Waals surface area contributed by atoms with E-state index in [0.717, 1.165) is 12.8 Å². The Kier molecular flexibility index (Phi) is 14.1. The molecule has 0 saturated carbocycles. The maximum Gasteiger partial charge on any atom is 0.267 e. The first kappa shape index (κ1) is 28.9. The second-order valence-electron chi connectivity index (χ2n) is 8.80. The number of allylic oxidation sites excluding steroid dienone is 2. The van der Waals surface area contributed by atoms with Crippen molar-refractivity contribution in [3.8, 4) is 0 Å². The molecular weight excluding hydrogens is 432 g/mol. The molecule has 32 heavy (non-hydrogen) atoms. The molecule has 0 radical (unpaired) electrons. The molecule has 1 rings (SSSR count). The van der Waals surface area contributed by atoms with Gasteiger partial charge in [-0.05, 0) is 25.7 Å². The molecular formula is C23H43N2O6S+. The van der Waals surface area contributed by atoms with Gasteiger partial charge >= 0.3 is 0 Å². The van der Waals surface area contributed by atoms with Crippen LogP contribution in [0, 0.1) is 0 Å². The lowest BCUT2D eigenvalue weighted by Crippen LogP contribution is -2.59. The summed E-state index contributed by atoms with van der Waals surface area (Å²) in [6.07, 6.45) is 14.9. The van der Waals surface area contributed by atoms with Gasteiger partial charge in [0, 0.05) is 6.42 Å². The molecule has 9 heteroatoms. The number of carbonyl (C=O) groups is 1. The number of aliphatic hydroxyl groups excluding tert-OH is 2. The summed E-state index contributed by atoms with van der Waals surface area (Å²) in [7, 11) is -4.33. The van der Waals surface area contributed by atoms with Crippen molar-refractivity contribution in [1.29, 1.82) is 0 Å². The van der Waals surface area contributed by atoms with E-state index in [1.807, 2.05) is 0 Å². The van der Waals surface area contributed by atoms with Crippen molar-refractivity contribution in [1.82, 2.24) is 0 Å². The van der Waals surface area contributed by atoms with E-state index in [4.69, 9.17) is 4.55 Å². The van der Waals surface area contributed by atoms with Crippen LogP contribution in [0.5, 0.6) is 0 Å². The van der Waals surface area contributed by atoms with E-state index < -0.39 is 22.0 Å². The third kappa shape index (κ3) is 11.7. The molecule has 0 spiro atoms. The minimum Gasteiger partial charge on any atom is -0.390 e. The van der Waals surface area contributed by atoms with Gasteiger partial charge in [0.05, 0.1) is 13.2 Å². The van der Waals surface area contributed by atoms with Gasteiger partial charge in [0.2, 0.25) is 5.78 Å². The Morgan fingerprint density at radius 1 is 1.09 bits per heavy atom. The monoisotopic (exact) mass is 475 g/mol. The lowest BCUT2D eigenvalue weighted by Gasteiger charge is -2.34. The molecule has 0 amide bonds. The van der Waals surface area contributed by atoms with Crippen molar-refractivity contribution >= 4 is 21.7 Å². The second kappa shape index (κ2) is 15.7. The van der Waals surface area contributed by atoms with E-state index in [9.17, 15) is 23.4 Å². The number of aliphatic hydroxyl groups is 2. The number of quaternary nitrogens is 1. The first-order valence-electron chi connectivity index (χ1n) is 12.1. The molecule has 1 heterocycles. The first-order chi connectivity index (χ1) is 15.2. The van der Waals surface area contributed by atoms with Crippen LogP contribution in [0.1, 0.15) is 77.6 Å². The molecule has 8 nitrogen and oxygen atoms in total. The third-order valence-electron chi connectivity index (χ3n) is 5.90. The first-order valence-corrected chi connectivity index (χ1v) is 13.7. The van der Waals surface area contributed by atoms with Crippen LogP contribution in [-0.2, 0) is 14.9 Å². The molecule has 0 bridgehead atoms. The fourth-order valence-electron chi connectivity index (χ4n) is 4.28. The summed E-state index contributed by atoms with van der Waals surface area (Å²) in [5, 5.41) is 19.6. The van der Waals surface area contributed by atoms with Gasteiger partial charge in [-0.15, -0.1) is 0 Å². The van der Waals surface area contributed by atoms with Gasteiger partial charge in [0.1, 0.15) is 31.5 Å². The lowest BCUT2D eigenvalue weighted by molar-refractivity contribution is -0.837. The van der Waals surface area contributed by atoms with Crippen LogP contribution in [0.3, 0.4) is 0 Å². The fourth-order valence-corrected chi connectivity index (χ4v) is 4.87. The molecule has 0 aromatic heterocycles. The SMILES string of the molecule is CCCCCCCCC/C=C/CCCC(=O)C1=NCC[N+]1(CCO)CC(O)CS(=O)(=O)O. The highest BCUT2D eigenvalue weighted by Crippen LogP contribution is 2.19. The van der Waals surface area contributed by atoms with Crippen molar-refractivity contribution in [2.45, 2.75) is 83.7 Å². The Bertz CT molecular complexity index is 707. The molecule has 2 atom stereocenters. The molecule has 0 fully saturated rings. The molecule has 2 unspecified atom stereocenters. The molecule has 0 aromatic rings. The minimum atomic E-state index is -4.33. The fraction of sp³-hybridized carbons (Fsp3) is 0.826. The number of carbonyl (C=O) groups excluding carboxylic acids is 1. The Hall–Kier alpha value is -1.13. The average Bonchev–Trinajstić information content (AvgIpc) is 3.10. The van der Waals surface area contributed by atoms with Crippen LogP contribution in [0.4, 0.5) is 0 Å². The summed E-state index contributed by atoms with van der Waals surface area (Å²) in [6.45, 7) is 2.91. The van der Waals surface area contributed by atoms with Crippen LogP contribution in [0.2, 0.25) is 0 Å². The van der Waals surface area contributed by atoms with Crippen LogP contribution in [0.25, 0.3) is 0 Å². The van der Waals surface area contributed by atoms with Gasteiger partial charge in [-0.2, -0.15) is 8.42 Å². The summed E-state index contributed by atoms with van der Waals surface area (Å²) >= 11 is 0. The highest BCUT2D eigenvalue weighted by atomic mass is 32.2. The maximum atomic E-state index is 12.8. The summed E-state index contributed by atoms with van der Waals surface area (Å²) in [6, 6.07) is 0. The average molecular weight is 476 g/mol. The zero-order chi connectivity index (χ0) is 23.9. The third-order valence-corrected chi connectivity index (χ3v) is 6.70. The van der Waals surface area contributed by atoms with E-state index in [2.05, 4.69) is 24.1 Å². The number of amidine groups is 1. The van der Waals surface area contributed by atoms with Gasteiger partial charge in [-0.3, -0.25) is 13.8 Å². The number of hydrogen-bond donors (Lipinski definition) is 3. The lowest BCUT2D eigenvalue weighted by atomic mass is 10.1. The summed E-state index contributed by atoms with van der Waals surface area (Å²) in [5.41, 5.74) is 0. The summed E-state index contributed by atoms with van der Waals surface area (Å²) in [5.74, 6) is -0.639.